The predicted octanol–water partition coefficient (Wildman–Crippen LogP) is 3.48. The Bertz CT molecular complexity index is 712. The third-order valence-electron chi connectivity index (χ3n) is 4.28. The molecule has 2 rings (SSSR count). The summed E-state index contributed by atoms with van der Waals surface area (Å²) in [6, 6.07) is -1.07. The molecule has 2 N–H and O–H groups in total. The number of aromatic nitrogens is 2. The van der Waals surface area contributed by atoms with Gasteiger partial charge in [-0.2, -0.15) is 0 Å². The second-order valence-electron chi connectivity index (χ2n) is 6.25. The summed E-state index contributed by atoms with van der Waals surface area (Å²) in [6.45, 7) is 8.57. The first-order valence-corrected chi connectivity index (χ1v) is 9.52. The van der Waals surface area contributed by atoms with Crippen molar-refractivity contribution in [2.75, 3.05) is 6.61 Å². The Hall–Kier alpha value is -2.02. The molecule has 1 aliphatic rings. The van der Waals surface area contributed by atoms with Crippen molar-refractivity contribution >= 4 is 23.6 Å². The lowest BCUT2D eigenvalue weighted by Crippen LogP contribution is -2.46. The molecule has 0 aliphatic carbocycles. The van der Waals surface area contributed by atoms with Crippen molar-refractivity contribution in [3.63, 3.8) is 0 Å². The number of carbonyl (C=O) groups excluding carboxylic acids is 2. The van der Waals surface area contributed by atoms with E-state index in [1.165, 1.54) is 0 Å². The standard InChI is InChI=1S/C18H27ClN4O3/c1-5-8-9-12-21-16(19)15(23(12)10-6-2)14-13(17(24)26-7-3)11(4)20-18(25)22-14/h14H,5-10H2,1-4H3,(H2,20,22,25). The van der Waals surface area contributed by atoms with Crippen LogP contribution < -0.4 is 10.6 Å². The highest BCUT2D eigenvalue weighted by atomic mass is 35.5. The molecule has 0 spiro atoms. The summed E-state index contributed by atoms with van der Waals surface area (Å²) >= 11 is 6.46. The Kier molecular flexibility index (Phi) is 7.08. The molecule has 1 unspecified atom stereocenters. The lowest BCUT2D eigenvalue weighted by molar-refractivity contribution is -0.139. The fourth-order valence-corrected chi connectivity index (χ4v) is 3.44. The van der Waals surface area contributed by atoms with Crippen molar-refractivity contribution in [2.45, 2.75) is 66.0 Å². The first-order chi connectivity index (χ1) is 12.4. The number of imidazole rings is 1. The molecule has 1 aromatic rings. The van der Waals surface area contributed by atoms with Crippen molar-refractivity contribution < 1.29 is 14.3 Å². The lowest BCUT2D eigenvalue weighted by Gasteiger charge is -2.29. The van der Waals surface area contributed by atoms with Gasteiger partial charge in [0.05, 0.1) is 17.9 Å². The SMILES string of the molecule is CCCCc1nc(Cl)c(C2NC(=O)NC(C)=C2C(=O)OCC)n1CCC. The lowest BCUT2D eigenvalue weighted by atomic mass is 10.00. The summed E-state index contributed by atoms with van der Waals surface area (Å²) < 4.78 is 7.22. The van der Waals surface area contributed by atoms with E-state index in [-0.39, 0.29) is 12.6 Å². The minimum Gasteiger partial charge on any atom is -0.463 e. The van der Waals surface area contributed by atoms with Crippen molar-refractivity contribution in [1.29, 1.82) is 0 Å². The van der Waals surface area contributed by atoms with Crippen LogP contribution in [0, 0.1) is 0 Å². The Morgan fingerprint density at radius 1 is 1.31 bits per heavy atom. The van der Waals surface area contributed by atoms with E-state index in [0.717, 1.165) is 31.5 Å². The molecule has 1 atom stereocenters. The van der Waals surface area contributed by atoms with Crippen LogP contribution in [-0.2, 0) is 22.5 Å². The average molecular weight is 383 g/mol. The molecular weight excluding hydrogens is 356 g/mol. The summed E-state index contributed by atoms with van der Waals surface area (Å²) in [5.74, 6) is 0.403. The molecule has 8 heteroatoms. The first-order valence-electron chi connectivity index (χ1n) is 9.14. The molecule has 2 amide bonds. The van der Waals surface area contributed by atoms with Gasteiger partial charge < -0.3 is 19.9 Å². The normalized spacial score (nSPS) is 17.1. The number of urea groups is 1. The number of nitrogens with one attached hydrogen (secondary N) is 2. The predicted molar refractivity (Wildman–Crippen MR) is 99.9 cm³/mol. The summed E-state index contributed by atoms with van der Waals surface area (Å²) in [4.78, 5) is 29.1. The summed E-state index contributed by atoms with van der Waals surface area (Å²) in [5.41, 5.74) is 1.46. The number of aryl methyl sites for hydroxylation is 1. The monoisotopic (exact) mass is 382 g/mol. The zero-order valence-corrected chi connectivity index (χ0v) is 16.6. The molecule has 0 fully saturated rings. The molecular formula is C18H27ClN4O3. The van der Waals surface area contributed by atoms with Gasteiger partial charge in [-0.25, -0.2) is 14.6 Å². The van der Waals surface area contributed by atoms with Gasteiger partial charge >= 0.3 is 12.0 Å². The van der Waals surface area contributed by atoms with Crippen LogP contribution in [0.1, 0.15) is 64.5 Å². The van der Waals surface area contributed by atoms with Crippen LogP contribution in [-0.4, -0.2) is 28.2 Å². The van der Waals surface area contributed by atoms with Gasteiger partial charge in [-0.1, -0.05) is 31.9 Å². The fourth-order valence-electron chi connectivity index (χ4n) is 3.13. The fraction of sp³-hybridized carbons (Fsp3) is 0.611. The van der Waals surface area contributed by atoms with E-state index in [9.17, 15) is 9.59 Å². The molecule has 1 aromatic heterocycles. The van der Waals surface area contributed by atoms with Crippen LogP contribution in [0.5, 0.6) is 0 Å². The molecule has 26 heavy (non-hydrogen) atoms. The van der Waals surface area contributed by atoms with Crippen LogP contribution in [0.3, 0.4) is 0 Å². The highest BCUT2D eigenvalue weighted by Gasteiger charge is 2.36. The molecule has 7 nitrogen and oxygen atoms in total. The largest absolute Gasteiger partial charge is 0.463 e. The maximum absolute atomic E-state index is 12.5. The van der Waals surface area contributed by atoms with E-state index >= 15 is 0 Å². The van der Waals surface area contributed by atoms with Crippen molar-refractivity contribution in [3.8, 4) is 0 Å². The van der Waals surface area contributed by atoms with E-state index in [2.05, 4.69) is 29.5 Å². The van der Waals surface area contributed by atoms with E-state index < -0.39 is 12.0 Å². The van der Waals surface area contributed by atoms with Crippen LogP contribution in [0.25, 0.3) is 0 Å². The number of esters is 1. The van der Waals surface area contributed by atoms with Gasteiger partial charge in [0, 0.05) is 18.7 Å². The Labute approximate surface area is 159 Å². The molecule has 2 heterocycles. The maximum Gasteiger partial charge on any atom is 0.338 e. The first kappa shape index (κ1) is 20.3. The number of ether oxygens (including phenoxy) is 1. The highest BCUT2D eigenvalue weighted by Crippen LogP contribution is 2.33. The highest BCUT2D eigenvalue weighted by molar-refractivity contribution is 6.30. The summed E-state index contributed by atoms with van der Waals surface area (Å²) in [7, 11) is 0. The molecule has 144 valence electrons. The minimum atomic E-state index is -0.690. The molecule has 0 radical (unpaired) electrons. The van der Waals surface area contributed by atoms with Gasteiger partial charge in [0.2, 0.25) is 0 Å². The molecule has 0 bridgehead atoms. The number of rotatable bonds is 8. The third kappa shape index (κ3) is 4.20. The van der Waals surface area contributed by atoms with E-state index in [1.54, 1.807) is 13.8 Å². The number of hydrogen-bond donors (Lipinski definition) is 2. The van der Waals surface area contributed by atoms with Crippen LogP contribution in [0.4, 0.5) is 4.79 Å². The summed E-state index contributed by atoms with van der Waals surface area (Å²) in [5, 5.41) is 5.76. The number of unbranched alkanes of at least 4 members (excludes halogenated alkanes) is 1. The molecule has 1 aliphatic heterocycles. The Balaban J connectivity index is 2.55. The number of amides is 2. The van der Waals surface area contributed by atoms with Crippen LogP contribution >= 0.6 is 11.6 Å². The Morgan fingerprint density at radius 2 is 2.04 bits per heavy atom. The van der Waals surface area contributed by atoms with Crippen molar-refractivity contribution in [1.82, 2.24) is 20.2 Å². The second-order valence-corrected chi connectivity index (χ2v) is 6.61. The Morgan fingerprint density at radius 3 is 2.65 bits per heavy atom. The van der Waals surface area contributed by atoms with Gasteiger partial charge in [0.25, 0.3) is 0 Å². The van der Waals surface area contributed by atoms with Gasteiger partial charge in [0.15, 0.2) is 5.15 Å². The maximum atomic E-state index is 12.5. The number of allylic oxidation sites excluding steroid dienone is 1. The third-order valence-corrected chi connectivity index (χ3v) is 4.56. The van der Waals surface area contributed by atoms with E-state index in [0.29, 0.717) is 28.7 Å². The molecule has 0 saturated carbocycles. The van der Waals surface area contributed by atoms with Gasteiger partial charge in [0.1, 0.15) is 11.9 Å². The zero-order valence-electron chi connectivity index (χ0n) is 15.8. The topological polar surface area (TPSA) is 85.2 Å². The average Bonchev–Trinajstić information content (AvgIpc) is 2.88. The number of halogens is 1. The smallest absolute Gasteiger partial charge is 0.338 e. The van der Waals surface area contributed by atoms with E-state index in [1.807, 2.05) is 4.57 Å². The van der Waals surface area contributed by atoms with Crippen molar-refractivity contribution in [2.24, 2.45) is 0 Å². The van der Waals surface area contributed by atoms with Crippen molar-refractivity contribution in [3.05, 3.63) is 27.9 Å². The number of carbonyl (C=O) groups is 2. The van der Waals surface area contributed by atoms with E-state index in [4.69, 9.17) is 16.3 Å². The second kappa shape index (κ2) is 9.07. The van der Waals surface area contributed by atoms with Crippen LogP contribution in [0.2, 0.25) is 5.15 Å². The number of nitrogens with zero attached hydrogens (tertiary/aromatic N) is 2. The quantitative estimate of drug-likeness (QED) is 0.674. The van der Waals surface area contributed by atoms with Gasteiger partial charge in [-0.05, 0) is 26.7 Å². The van der Waals surface area contributed by atoms with Gasteiger partial charge in [-0.15, -0.1) is 0 Å². The minimum absolute atomic E-state index is 0.250. The zero-order chi connectivity index (χ0) is 19.3. The molecule has 0 aromatic carbocycles. The van der Waals surface area contributed by atoms with Crippen LogP contribution in [0.15, 0.2) is 11.3 Å². The molecule has 0 saturated heterocycles. The number of hydrogen-bond acceptors (Lipinski definition) is 4. The summed E-state index contributed by atoms with van der Waals surface area (Å²) in [6.07, 6.45) is 3.72. The van der Waals surface area contributed by atoms with Gasteiger partial charge in [-0.3, -0.25) is 0 Å².